The van der Waals surface area contributed by atoms with E-state index >= 15 is 0 Å². The highest BCUT2D eigenvalue weighted by Gasteiger charge is 2.33. The molecule has 2 aliphatic heterocycles. The first-order valence-electron chi connectivity index (χ1n) is 8.93. The van der Waals surface area contributed by atoms with Crippen LogP contribution in [0, 0.1) is 6.92 Å². The van der Waals surface area contributed by atoms with Crippen molar-refractivity contribution in [3.05, 3.63) is 57.1 Å². The normalized spacial score (nSPS) is 20.1. The van der Waals surface area contributed by atoms with Crippen molar-refractivity contribution in [3.63, 3.8) is 0 Å². The van der Waals surface area contributed by atoms with Crippen molar-refractivity contribution in [2.24, 2.45) is 0 Å². The molecule has 0 unspecified atom stereocenters. The van der Waals surface area contributed by atoms with Crippen LogP contribution in [0.1, 0.15) is 10.4 Å². The molecule has 2 aromatic rings. The van der Waals surface area contributed by atoms with Gasteiger partial charge in [-0.2, -0.15) is 0 Å². The lowest BCUT2D eigenvalue weighted by molar-refractivity contribution is -0.123. The van der Waals surface area contributed by atoms with E-state index < -0.39 is 0 Å². The van der Waals surface area contributed by atoms with E-state index in [1.807, 2.05) is 23.6 Å². The van der Waals surface area contributed by atoms with Crippen LogP contribution < -0.4 is 4.90 Å². The van der Waals surface area contributed by atoms with Crippen LogP contribution in [0.15, 0.2) is 46.7 Å². The number of para-hydroxylation sites is 1. The number of hydrogen-bond donors (Lipinski definition) is 0. The number of anilines is 1. The average Bonchev–Trinajstić information content (AvgIpc) is 3.27. The molecule has 27 heavy (non-hydrogen) atoms. The third-order valence-corrected chi connectivity index (χ3v) is 7.06. The predicted octanol–water partition coefficient (Wildman–Crippen LogP) is 4.04. The zero-order valence-electron chi connectivity index (χ0n) is 15.1. The monoisotopic (exact) mass is 415 g/mol. The molecule has 0 radical (unpaired) electrons. The van der Waals surface area contributed by atoms with Crippen LogP contribution in [-0.4, -0.2) is 52.9 Å². The van der Waals surface area contributed by atoms with Gasteiger partial charge in [0, 0.05) is 36.7 Å². The maximum absolute atomic E-state index is 12.8. The van der Waals surface area contributed by atoms with E-state index in [-0.39, 0.29) is 5.91 Å². The number of nitrogens with zero attached hydrogens (tertiary/aromatic N) is 3. The number of benzene rings is 1. The van der Waals surface area contributed by atoms with Gasteiger partial charge in [-0.05, 0) is 36.1 Å². The summed E-state index contributed by atoms with van der Waals surface area (Å²) in [6.07, 6.45) is 1.94. The maximum atomic E-state index is 12.8. The number of piperazine rings is 1. The van der Waals surface area contributed by atoms with Gasteiger partial charge in [0.15, 0.2) is 0 Å². The van der Waals surface area contributed by atoms with Crippen molar-refractivity contribution in [1.82, 2.24) is 9.80 Å². The lowest BCUT2D eigenvalue weighted by Crippen LogP contribution is -2.51. The van der Waals surface area contributed by atoms with E-state index in [2.05, 4.69) is 41.0 Å². The van der Waals surface area contributed by atoms with Crippen molar-refractivity contribution in [3.8, 4) is 0 Å². The standard InChI is InChI=1S/C20H21N3OS3/c1-15-5-2-3-7-17(15)22-10-8-21(9-11-22)14-23-19(24)18(27-20(23)25)13-16-6-4-12-26-16/h2-7,12-13H,8-11,14H2,1H3. The van der Waals surface area contributed by atoms with Crippen molar-refractivity contribution in [2.75, 3.05) is 37.7 Å². The number of thioether (sulfide) groups is 1. The minimum Gasteiger partial charge on any atom is -0.369 e. The zero-order valence-corrected chi connectivity index (χ0v) is 17.6. The summed E-state index contributed by atoms with van der Waals surface area (Å²) in [4.78, 5) is 21.0. The Balaban J connectivity index is 1.37. The molecule has 2 saturated heterocycles. The predicted molar refractivity (Wildman–Crippen MR) is 119 cm³/mol. The van der Waals surface area contributed by atoms with E-state index in [1.165, 1.54) is 23.0 Å². The molecular formula is C20H21N3OS3. The van der Waals surface area contributed by atoms with Gasteiger partial charge in [-0.1, -0.05) is 48.2 Å². The Kier molecular flexibility index (Phi) is 5.63. The average molecular weight is 416 g/mol. The second-order valence-corrected chi connectivity index (χ2v) is 9.31. The second-order valence-electron chi connectivity index (χ2n) is 6.66. The summed E-state index contributed by atoms with van der Waals surface area (Å²) in [5.74, 6) is 0.0275. The molecule has 4 nitrogen and oxygen atoms in total. The van der Waals surface area contributed by atoms with Crippen molar-refractivity contribution < 1.29 is 4.79 Å². The first-order valence-corrected chi connectivity index (χ1v) is 11.0. The van der Waals surface area contributed by atoms with Gasteiger partial charge < -0.3 is 4.90 Å². The lowest BCUT2D eigenvalue weighted by Gasteiger charge is -2.38. The number of thiocarbonyl (C=S) groups is 1. The molecule has 1 aromatic carbocycles. The van der Waals surface area contributed by atoms with Gasteiger partial charge in [0.1, 0.15) is 4.32 Å². The number of thiophene rings is 1. The maximum Gasteiger partial charge on any atom is 0.267 e. The summed E-state index contributed by atoms with van der Waals surface area (Å²) in [5.41, 5.74) is 2.61. The summed E-state index contributed by atoms with van der Waals surface area (Å²) >= 11 is 8.51. The number of carbonyl (C=O) groups excluding carboxylic acids is 1. The molecule has 1 amide bonds. The van der Waals surface area contributed by atoms with Crippen LogP contribution in [0.3, 0.4) is 0 Å². The third-order valence-electron chi connectivity index (χ3n) is 4.86. The SMILES string of the molecule is Cc1ccccc1N1CCN(CN2C(=O)C(=Cc3cccs3)SC2=S)CC1. The molecule has 0 aliphatic carbocycles. The Morgan fingerprint density at radius 2 is 1.89 bits per heavy atom. The number of aryl methyl sites for hydroxylation is 1. The molecule has 0 bridgehead atoms. The Labute approximate surface area is 173 Å². The Bertz CT molecular complexity index is 870. The molecule has 4 rings (SSSR count). The van der Waals surface area contributed by atoms with Gasteiger partial charge in [-0.25, -0.2) is 0 Å². The summed E-state index contributed by atoms with van der Waals surface area (Å²) in [7, 11) is 0. The lowest BCUT2D eigenvalue weighted by atomic mass is 10.1. The van der Waals surface area contributed by atoms with Gasteiger partial charge in [-0.3, -0.25) is 14.6 Å². The van der Waals surface area contributed by atoms with Crippen LogP contribution in [0.25, 0.3) is 6.08 Å². The highest BCUT2D eigenvalue weighted by atomic mass is 32.2. The van der Waals surface area contributed by atoms with E-state index in [9.17, 15) is 4.79 Å². The fourth-order valence-corrected chi connectivity index (χ4v) is 5.34. The molecule has 2 fully saturated rings. The summed E-state index contributed by atoms with van der Waals surface area (Å²) in [6.45, 7) is 6.51. The van der Waals surface area contributed by atoms with E-state index in [4.69, 9.17) is 12.2 Å². The summed E-state index contributed by atoms with van der Waals surface area (Å²) in [6, 6.07) is 12.5. The van der Waals surface area contributed by atoms with E-state index in [1.54, 1.807) is 16.2 Å². The van der Waals surface area contributed by atoms with Gasteiger partial charge >= 0.3 is 0 Å². The van der Waals surface area contributed by atoms with Crippen LogP contribution in [-0.2, 0) is 4.79 Å². The van der Waals surface area contributed by atoms with Crippen LogP contribution >= 0.6 is 35.3 Å². The van der Waals surface area contributed by atoms with Gasteiger partial charge in [-0.15, -0.1) is 11.3 Å². The van der Waals surface area contributed by atoms with Crippen molar-refractivity contribution in [2.45, 2.75) is 6.92 Å². The summed E-state index contributed by atoms with van der Waals surface area (Å²) in [5, 5.41) is 2.01. The third kappa shape index (κ3) is 4.11. The molecule has 7 heteroatoms. The van der Waals surface area contributed by atoms with Crippen LogP contribution in [0.5, 0.6) is 0 Å². The topological polar surface area (TPSA) is 26.8 Å². The molecule has 1 aromatic heterocycles. The molecule has 0 spiro atoms. The fraction of sp³-hybridized carbons (Fsp3) is 0.300. The minimum atomic E-state index is 0.0275. The van der Waals surface area contributed by atoms with E-state index in [0.29, 0.717) is 11.0 Å². The highest BCUT2D eigenvalue weighted by molar-refractivity contribution is 8.26. The first kappa shape index (κ1) is 18.7. The highest BCUT2D eigenvalue weighted by Crippen LogP contribution is 2.33. The summed E-state index contributed by atoms with van der Waals surface area (Å²) < 4.78 is 0.657. The van der Waals surface area contributed by atoms with Crippen LogP contribution in [0.4, 0.5) is 5.69 Å². The van der Waals surface area contributed by atoms with Crippen molar-refractivity contribution in [1.29, 1.82) is 0 Å². The second kappa shape index (κ2) is 8.14. The Morgan fingerprint density at radius 1 is 1.11 bits per heavy atom. The minimum absolute atomic E-state index is 0.0275. The quantitative estimate of drug-likeness (QED) is 0.555. The smallest absolute Gasteiger partial charge is 0.267 e. The van der Waals surface area contributed by atoms with Gasteiger partial charge in [0.2, 0.25) is 0 Å². The largest absolute Gasteiger partial charge is 0.369 e. The molecule has 3 heterocycles. The fourth-order valence-electron chi connectivity index (χ4n) is 3.37. The number of hydrogen-bond acceptors (Lipinski definition) is 6. The Morgan fingerprint density at radius 3 is 2.59 bits per heavy atom. The van der Waals surface area contributed by atoms with E-state index in [0.717, 1.165) is 36.0 Å². The molecule has 140 valence electrons. The Hall–Kier alpha value is -1.67. The number of rotatable bonds is 4. The van der Waals surface area contributed by atoms with Crippen molar-refractivity contribution >= 4 is 57.3 Å². The van der Waals surface area contributed by atoms with Crippen LogP contribution in [0.2, 0.25) is 0 Å². The zero-order chi connectivity index (χ0) is 18.8. The first-order chi connectivity index (χ1) is 13.1. The molecule has 0 N–H and O–H groups in total. The van der Waals surface area contributed by atoms with Gasteiger partial charge in [0.25, 0.3) is 5.91 Å². The molecular weight excluding hydrogens is 394 g/mol. The molecule has 2 aliphatic rings. The van der Waals surface area contributed by atoms with Gasteiger partial charge in [0.05, 0.1) is 11.6 Å². The molecule has 0 atom stereocenters. The number of carbonyl (C=O) groups is 1. The molecule has 0 saturated carbocycles. The number of amides is 1.